The summed E-state index contributed by atoms with van der Waals surface area (Å²) < 4.78 is 75.1. The predicted octanol–water partition coefficient (Wildman–Crippen LogP) is 7.15. The van der Waals surface area contributed by atoms with Crippen LogP contribution in [0.5, 0.6) is 11.8 Å². The van der Waals surface area contributed by atoms with Gasteiger partial charge >= 0.3 is 6.01 Å². The molecule has 3 saturated heterocycles. The molecule has 14 heteroatoms. The van der Waals surface area contributed by atoms with Crippen LogP contribution in [0, 0.1) is 28.9 Å². The van der Waals surface area contributed by atoms with E-state index in [0.717, 1.165) is 49.8 Å². The summed E-state index contributed by atoms with van der Waals surface area (Å²) in [6.07, 6.45) is 2.77. The molecule has 2 unspecified atom stereocenters. The minimum Gasteiger partial charge on any atom is -0.489 e. The number of anilines is 2. The summed E-state index contributed by atoms with van der Waals surface area (Å²) in [6, 6.07) is 2.92. The molecule has 8 nitrogen and oxygen atoms in total. The van der Waals surface area contributed by atoms with Gasteiger partial charge in [-0.2, -0.15) is 15.2 Å². The van der Waals surface area contributed by atoms with Crippen LogP contribution in [0.1, 0.15) is 44.6 Å². The van der Waals surface area contributed by atoms with Crippen LogP contribution in [0.15, 0.2) is 12.1 Å². The van der Waals surface area contributed by atoms with Crippen LogP contribution in [0.3, 0.4) is 0 Å². The number of rotatable bonds is 4. The van der Waals surface area contributed by atoms with Gasteiger partial charge in [-0.25, -0.2) is 17.6 Å². The molecular weight excluding hydrogens is 644 g/mol. The largest absolute Gasteiger partial charge is 0.489 e. The number of piperidine rings is 1. The van der Waals surface area contributed by atoms with Crippen LogP contribution < -0.4 is 20.1 Å². The number of halogens is 5. The van der Waals surface area contributed by atoms with Gasteiger partial charge in [0.15, 0.2) is 11.6 Å². The van der Waals surface area contributed by atoms with E-state index >= 15 is 13.2 Å². The van der Waals surface area contributed by atoms with Crippen LogP contribution >= 0.6 is 22.9 Å². The second kappa shape index (κ2) is 10.5. The number of hydrogen-bond donors (Lipinski definition) is 1. The normalized spacial score (nSPS) is 25.3. The van der Waals surface area contributed by atoms with Gasteiger partial charge in [-0.15, -0.1) is 11.3 Å². The molecule has 6 heterocycles. The van der Waals surface area contributed by atoms with Gasteiger partial charge in [0.1, 0.15) is 47.5 Å². The molecule has 4 aromatic rings. The lowest BCUT2D eigenvalue weighted by molar-refractivity contribution is -0.0589. The van der Waals surface area contributed by atoms with Crippen molar-refractivity contribution in [1.29, 1.82) is 5.26 Å². The van der Waals surface area contributed by atoms with E-state index in [1.54, 1.807) is 0 Å². The number of nitriles is 1. The van der Waals surface area contributed by atoms with Crippen molar-refractivity contribution in [3.8, 4) is 29.0 Å². The van der Waals surface area contributed by atoms with Crippen molar-refractivity contribution in [1.82, 2.24) is 14.9 Å². The summed E-state index contributed by atoms with van der Waals surface area (Å²) in [5.41, 5.74) is 5.49. The number of nitrogens with two attached hydrogens (primary N) is 1. The number of aromatic nitrogens is 2. The van der Waals surface area contributed by atoms with Crippen LogP contribution in [-0.2, 0) is 0 Å². The quantitative estimate of drug-likeness (QED) is 0.228. The number of thiophene rings is 1. The van der Waals surface area contributed by atoms with E-state index < -0.39 is 30.2 Å². The van der Waals surface area contributed by atoms with Crippen molar-refractivity contribution in [3.63, 3.8) is 0 Å². The lowest BCUT2D eigenvalue weighted by Crippen LogP contribution is -2.55. The van der Waals surface area contributed by atoms with E-state index in [1.807, 2.05) is 6.07 Å². The molecule has 0 spiro atoms. The van der Waals surface area contributed by atoms with E-state index in [4.69, 9.17) is 26.8 Å². The van der Waals surface area contributed by atoms with Gasteiger partial charge in [0.05, 0.1) is 26.2 Å². The zero-order valence-corrected chi connectivity index (χ0v) is 26.4. The van der Waals surface area contributed by atoms with E-state index in [0.29, 0.717) is 5.92 Å². The summed E-state index contributed by atoms with van der Waals surface area (Å²) in [4.78, 5) is 13.0. The molecule has 0 amide bonds. The van der Waals surface area contributed by atoms with Crippen molar-refractivity contribution >= 4 is 54.7 Å². The van der Waals surface area contributed by atoms with Gasteiger partial charge in [-0.3, -0.25) is 4.90 Å². The molecule has 0 aliphatic carbocycles. The molecule has 46 heavy (non-hydrogen) atoms. The fourth-order valence-corrected chi connectivity index (χ4v) is 9.36. The highest BCUT2D eigenvalue weighted by atomic mass is 35.5. The molecule has 2 aromatic carbocycles. The summed E-state index contributed by atoms with van der Waals surface area (Å²) in [7, 11) is 0. The van der Waals surface area contributed by atoms with Gasteiger partial charge < -0.3 is 20.1 Å². The number of nitrogen functional groups attached to an aromatic ring is 1. The minimum absolute atomic E-state index is 0.0211. The second-order valence-corrected chi connectivity index (χ2v) is 14.3. The first-order valence-electron chi connectivity index (χ1n) is 15.3. The molecule has 3 fully saturated rings. The van der Waals surface area contributed by atoms with Crippen molar-refractivity contribution in [2.24, 2.45) is 5.92 Å². The maximum Gasteiger partial charge on any atom is 0.319 e. The zero-order valence-electron chi connectivity index (χ0n) is 24.8. The van der Waals surface area contributed by atoms with Gasteiger partial charge in [0, 0.05) is 30.5 Å². The third kappa shape index (κ3) is 4.26. The lowest BCUT2D eigenvalue weighted by Gasteiger charge is -2.40. The van der Waals surface area contributed by atoms with Crippen molar-refractivity contribution < 1.29 is 27.0 Å². The topological polar surface area (TPSA) is 101 Å². The summed E-state index contributed by atoms with van der Waals surface area (Å²) in [6.45, 7) is 4.18. The Morgan fingerprint density at radius 1 is 1.20 bits per heavy atom. The van der Waals surface area contributed by atoms with Gasteiger partial charge in [-0.1, -0.05) is 24.6 Å². The SMILES string of the molecule is C[C@H]1CN2CCCC2(COc2nc3c4c(c(Cl)c(-c5ccc(F)c6sc(N)c(C#N)c56)c(F)c4n2)OCC2N3CCCC2(F)F)C1. The third-order valence-corrected chi connectivity index (χ3v) is 11.4. The molecule has 4 aliphatic rings. The minimum atomic E-state index is -3.12. The van der Waals surface area contributed by atoms with E-state index in [9.17, 15) is 9.65 Å². The fraction of sp³-hybridized carbons (Fsp3) is 0.469. The highest BCUT2D eigenvalue weighted by Gasteiger charge is 2.50. The van der Waals surface area contributed by atoms with E-state index in [2.05, 4.69) is 21.8 Å². The van der Waals surface area contributed by atoms with Crippen molar-refractivity contribution in [3.05, 3.63) is 34.4 Å². The first-order chi connectivity index (χ1) is 22.0. The highest BCUT2D eigenvalue weighted by Crippen LogP contribution is 2.52. The molecular formula is C32H29ClF4N6O2S. The van der Waals surface area contributed by atoms with Gasteiger partial charge in [0.25, 0.3) is 5.92 Å². The number of ether oxygens (including phenoxy) is 2. The molecule has 240 valence electrons. The molecule has 4 aliphatic heterocycles. The van der Waals surface area contributed by atoms with Crippen molar-refractivity contribution in [2.45, 2.75) is 56.5 Å². The first-order valence-corrected chi connectivity index (χ1v) is 16.5. The Morgan fingerprint density at radius 2 is 2.00 bits per heavy atom. The third-order valence-electron chi connectivity index (χ3n) is 10.0. The number of alkyl halides is 2. The van der Waals surface area contributed by atoms with Crippen LogP contribution in [0.4, 0.5) is 28.4 Å². The van der Waals surface area contributed by atoms with E-state index in [-0.39, 0.29) is 96.8 Å². The highest BCUT2D eigenvalue weighted by molar-refractivity contribution is 7.23. The predicted molar refractivity (Wildman–Crippen MR) is 168 cm³/mol. The Morgan fingerprint density at radius 3 is 2.80 bits per heavy atom. The molecule has 3 atom stereocenters. The fourth-order valence-electron chi connectivity index (χ4n) is 8.07. The number of benzene rings is 2. The summed E-state index contributed by atoms with van der Waals surface area (Å²) in [5, 5.41) is 9.87. The van der Waals surface area contributed by atoms with Crippen LogP contribution in [-0.4, -0.2) is 65.2 Å². The average Bonchev–Trinajstić information content (AvgIpc) is 3.62. The van der Waals surface area contributed by atoms with Gasteiger partial charge in [-0.05, 0) is 49.8 Å². The Kier molecular flexibility index (Phi) is 6.77. The average molecular weight is 673 g/mol. The number of fused-ring (bicyclic) bond motifs is 4. The van der Waals surface area contributed by atoms with Crippen LogP contribution in [0.25, 0.3) is 32.1 Å². The molecule has 2 aromatic heterocycles. The molecule has 0 radical (unpaired) electrons. The molecule has 0 saturated carbocycles. The van der Waals surface area contributed by atoms with Crippen molar-refractivity contribution in [2.75, 3.05) is 43.5 Å². The summed E-state index contributed by atoms with van der Waals surface area (Å²) >= 11 is 7.78. The van der Waals surface area contributed by atoms with Gasteiger partial charge in [0.2, 0.25) is 0 Å². The smallest absolute Gasteiger partial charge is 0.319 e. The second-order valence-electron chi connectivity index (χ2n) is 12.9. The maximum atomic E-state index is 17.0. The maximum absolute atomic E-state index is 17.0. The lowest BCUT2D eigenvalue weighted by atomic mass is 9.92. The number of hydrogen-bond acceptors (Lipinski definition) is 9. The Labute approximate surface area is 270 Å². The first kappa shape index (κ1) is 29.8. The van der Waals surface area contributed by atoms with E-state index in [1.165, 1.54) is 11.0 Å². The molecule has 0 bridgehead atoms. The summed E-state index contributed by atoms with van der Waals surface area (Å²) in [5.74, 6) is -4.17. The standard InChI is InChI=1S/C32H29ClF4N6O2S/c1-15-10-31(6-2-8-42(31)12-15)14-45-30-40-25-22-26(44-13-19-32(36,37)7-3-9-43(19)29(22)41-30)23(33)21(24(25)35)16-4-5-18(34)27-20(16)17(11-38)28(39)46-27/h4-5,15,19H,2-3,6-10,12-14,39H2,1H3/t15-,19?,31?/m1/s1. The Bertz CT molecular complexity index is 1980. The Balaban J connectivity index is 1.36. The zero-order chi connectivity index (χ0) is 32.1. The van der Waals surface area contributed by atoms with Crippen LogP contribution in [0.2, 0.25) is 5.02 Å². The molecule has 2 N–H and O–H groups in total. The number of nitrogens with zero attached hydrogens (tertiary/aromatic N) is 5. The monoisotopic (exact) mass is 672 g/mol. The molecule has 8 rings (SSSR count). The Hall–Kier alpha value is -3.60.